The van der Waals surface area contributed by atoms with Crippen molar-refractivity contribution in [2.24, 2.45) is 4.99 Å². The number of aryl methyl sites for hydroxylation is 2. The van der Waals surface area contributed by atoms with Crippen molar-refractivity contribution < 1.29 is 4.74 Å². The predicted octanol–water partition coefficient (Wildman–Crippen LogP) is 5.78. The highest BCUT2D eigenvalue weighted by atomic mass is 16.5. The standard InChI is InChI=1S/C24H25NO/c1-14-6-17(4)18(7-14)12-23-24(26-5)13-22(25-23)21-10-19-8-15(2)16(3)9-20(19)11-21/h6,8-10,12-13H,7,11H2,1-5H3. The SMILES string of the molecule is COC1=CC(C2=Cc3cc(C)c(C)cc3C2)=NC1=CC1=C(C)C=C(C)C1. The monoisotopic (exact) mass is 343 g/mol. The van der Waals surface area contributed by atoms with Crippen LogP contribution in [0.5, 0.6) is 0 Å². The summed E-state index contributed by atoms with van der Waals surface area (Å²) < 4.78 is 5.61. The van der Waals surface area contributed by atoms with Gasteiger partial charge in [-0.05, 0) is 85.2 Å². The summed E-state index contributed by atoms with van der Waals surface area (Å²) >= 11 is 0. The van der Waals surface area contributed by atoms with Crippen molar-refractivity contribution in [3.63, 3.8) is 0 Å². The van der Waals surface area contributed by atoms with E-state index in [-0.39, 0.29) is 0 Å². The van der Waals surface area contributed by atoms with Gasteiger partial charge in [0.2, 0.25) is 0 Å². The topological polar surface area (TPSA) is 21.6 Å². The fourth-order valence-electron chi connectivity index (χ4n) is 3.92. The van der Waals surface area contributed by atoms with E-state index in [1.165, 1.54) is 44.5 Å². The zero-order valence-electron chi connectivity index (χ0n) is 16.2. The lowest BCUT2D eigenvalue weighted by atomic mass is 10.0. The van der Waals surface area contributed by atoms with Crippen LogP contribution in [0.1, 0.15) is 42.5 Å². The molecule has 4 rings (SSSR count). The van der Waals surface area contributed by atoms with E-state index in [0.29, 0.717) is 0 Å². The van der Waals surface area contributed by atoms with Gasteiger partial charge in [0.05, 0.1) is 12.8 Å². The van der Waals surface area contributed by atoms with Crippen molar-refractivity contribution in [1.82, 2.24) is 0 Å². The smallest absolute Gasteiger partial charge is 0.146 e. The second kappa shape index (κ2) is 6.28. The number of methoxy groups -OCH3 is 1. The number of rotatable bonds is 3. The van der Waals surface area contributed by atoms with Crippen molar-refractivity contribution in [2.75, 3.05) is 7.11 Å². The highest BCUT2D eigenvalue weighted by Crippen LogP contribution is 2.34. The molecular formula is C24H25NO. The van der Waals surface area contributed by atoms with Crippen molar-refractivity contribution in [3.05, 3.63) is 86.4 Å². The van der Waals surface area contributed by atoms with Gasteiger partial charge in [0.1, 0.15) is 11.5 Å². The minimum atomic E-state index is 0.856. The summed E-state index contributed by atoms with van der Waals surface area (Å²) in [4.78, 5) is 4.91. The zero-order valence-corrected chi connectivity index (χ0v) is 16.2. The van der Waals surface area contributed by atoms with Gasteiger partial charge in [-0.1, -0.05) is 23.8 Å². The molecule has 3 aliphatic rings. The minimum absolute atomic E-state index is 0.856. The van der Waals surface area contributed by atoms with Crippen LogP contribution < -0.4 is 0 Å². The van der Waals surface area contributed by atoms with E-state index in [1.807, 2.05) is 0 Å². The van der Waals surface area contributed by atoms with E-state index in [2.05, 4.69) is 64.1 Å². The maximum Gasteiger partial charge on any atom is 0.146 e. The van der Waals surface area contributed by atoms with E-state index in [0.717, 1.165) is 30.0 Å². The molecule has 0 radical (unpaired) electrons. The summed E-state index contributed by atoms with van der Waals surface area (Å²) in [6.07, 6.45) is 10.7. The molecule has 1 aromatic rings. The lowest BCUT2D eigenvalue weighted by molar-refractivity contribution is 0.302. The Morgan fingerprint density at radius 3 is 2.42 bits per heavy atom. The van der Waals surface area contributed by atoms with Crippen LogP contribution in [0.25, 0.3) is 6.08 Å². The predicted molar refractivity (Wildman–Crippen MR) is 109 cm³/mol. The largest absolute Gasteiger partial charge is 0.494 e. The molecule has 2 aliphatic carbocycles. The Balaban J connectivity index is 1.66. The van der Waals surface area contributed by atoms with E-state index in [4.69, 9.17) is 9.73 Å². The normalized spacial score (nSPS) is 20.3. The van der Waals surface area contributed by atoms with Crippen LogP contribution in [0, 0.1) is 13.8 Å². The summed E-state index contributed by atoms with van der Waals surface area (Å²) in [6.45, 7) is 8.69. The Morgan fingerprint density at radius 2 is 1.73 bits per heavy atom. The fraction of sp³-hybridized carbons (Fsp3) is 0.292. The molecule has 26 heavy (non-hydrogen) atoms. The average molecular weight is 343 g/mol. The Labute approximate surface area is 156 Å². The lowest BCUT2D eigenvalue weighted by Gasteiger charge is -2.04. The average Bonchev–Trinajstić information content (AvgIpc) is 3.26. The van der Waals surface area contributed by atoms with Gasteiger partial charge in [-0.2, -0.15) is 0 Å². The Bertz CT molecular complexity index is 993. The molecule has 0 saturated carbocycles. The molecule has 1 heterocycles. The molecule has 0 fully saturated rings. The number of hydrogen-bond donors (Lipinski definition) is 0. The Morgan fingerprint density at radius 1 is 0.962 bits per heavy atom. The van der Waals surface area contributed by atoms with E-state index in [1.54, 1.807) is 7.11 Å². The van der Waals surface area contributed by atoms with Gasteiger partial charge in [0.25, 0.3) is 0 Å². The summed E-state index contributed by atoms with van der Waals surface area (Å²) in [5.41, 5.74) is 12.7. The summed E-state index contributed by atoms with van der Waals surface area (Å²) in [6, 6.07) is 4.59. The quantitative estimate of drug-likeness (QED) is 0.682. The number of ether oxygens (including phenoxy) is 1. The third-order valence-corrected chi connectivity index (χ3v) is 5.53. The number of benzene rings is 1. The molecule has 0 atom stereocenters. The molecule has 0 N–H and O–H groups in total. The van der Waals surface area contributed by atoms with Gasteiger partial charge in [-0.15, -0.1) is 0 Å². The highest BCUT2D eigenvalue weighted by Gasteiger charge is 2.23. The molecule has 0 spiro atoms. The van der Waals surface area contributed by atoms with Crippen molar-refractivity contribution >= 4 is 11.8 Å². The maximum atomic E-state index is 5.61. The Hall–Kier alpha value is -2.61. The highest BCUT2D eigenvalue weighted by molar-refractivity contribution is 6.15. The first-order chi connectivity index (χ1) is 12.4. The van der Waals surface area contributed by atoms with Crippen molar-refractivity contribution in [2.45, 2.75) is 40.5 Å². The third-order valence-electron chi connectivity index (χ3n) is 5.53. The lowest BCUT2D eigenvalue weighted by Crippen LogP contribution is -1.97. The summed E-state index contributed by atoms with van der Waals surface area (Å²) in [7, 11) is 1.72. The second-order valence-corrected chi connectivity index (χ2v) is 7.60. The van der Waals surface area contributed by atoms with Crippen LogP contribution in [0.4, 0.5) is 0 Å². The van der Waals surface area contributed by atoms with Crippen LogP contribution in [0.15, 0.2) is 69.1 Å². The molecule has 1 aromatic carbocycles. The van der Waals surface area contributed by atoms with Crippen LogP contribution >= 0.6 is 0 Å². The molecule has 132 valence electrons. The molecule has 1 aliphatic heterocycles. The van der Waals surface area contributed by atoms with Crippen LogP contribution in [-0.4, -0.2) is 12.8 Å². The molecule has 0 saturated heterocycles. The zero-order chi connectivity index (χ0) is 18.4. The van der Waals surface area contributed by atoms with Crippen molar-refractivity contribution in [1.29, 1.82) is 0 Å². The van der Waals surface area contributed by atoms with Crippen LogP contribution in [0.2, 0.25) is 0 Å². The number of fused-ring (bicyclic) bond motifs is 1. The van der Waals surface area contributed by atoms with Gasteiger partial charge in [-0.25, -0.2) is 4.99 Å². The van der Waals surface area contributed by atoms with E-state index in [9.17, 15) is 0 Å². The van der Waals surface area contributed by atoms with Gasteiger partial charge >= 0.3 is 0 Å². The van der Waals surface area contributed by atoms with Crippen molar-refractivity contribution in [3.8, 4) is 0 Å². The second-order valence-electron chi connectivity index (χ2n) is 7.60. The number of allylic oxidation sites excluding steroid dienone is 7. The van der Waals surface area contributed by atoms with Gasteiger partial charge in [-0.3, -0.25) is 0 Å². The van der Waals surface area contributed by atoms with Crippen LogP contribution in [0.3, 0.4) is 0 Å². The summed E-state index contributed by atoms with van der Waals surface area (Å²) in [5, 5.41) is 0. The first-order valence-electron chi connectivity index (χ1n) is 9.19. The molecule has 2 nitrogen and oxygen atoms in total. The van der Waals surface area contributed by atoms with E-state index < -0.39 is 0 Å². The number of hydrogen-bond acceptors (Lipinski definition) is 2. The molecular weight excluding hydrogens is 318 g/mol. The maximum absolute atomic E-state index is 5.61. The van der Waals surface area contributed by atoms with E-state index >= 15 is 0 Å². The fourth-order valence-corrected chi connectivity index (χ4v) is 3.92. The third kappa shape index (κ3) is 2.90. The molecule has 0 amide bonds. The minimum Gasteiger partial charge on any atom is -0.494 e. The Kier molecular flexibility index (Phi) is 4.07. The number of nitrogens with zero attached hydrogens (tertiary/aromatic N) is 1. The van der Waals surface area contributed by atoms with Gasteiger partial charge in [0, 0.05) is 12.5 Å². The first-order valence-corrected chi connectivity index (χ1v) is 9.19. The van der Waals surface area contributed by atoms with Crippen LogP contribution in [-0.2, 0) is 11.2 Å². The molecule has 0 bridgehead atoms. The molecule has 0 unspecified atom stereocenters. The molecule has 0 aromatic heterocycles. The molecule has 2 heteroatoms. The summed E-state index contributed by atoms with van der Waals surface area (Å²) in [5.74, 6) is 0.856. The van der Waals surface area contributed by atoms with Gasteiger partial charge < -0.3 is 4.74 Å². The number of aliphatic imine (C=N–C) groups is 1. The van der Waals surface area contributed by atoms with Gasteiger partial charge in [0.15, 0.2) is 0 Å². The first kappa shape index (κ1) is 16.8.